The van der Waals surface area contributed by atoms with Crippen molar-refractivity contribution in [3.8, 4) is 0 Å². The van der Waals surface area contributed by atoms with E-state index in [-0.39, 0.29) is 0 Å². The average molecular weight is 362 g/mol. The smallest absolute Gasteiger partial charge is 0.240 e. The molecular weight excluding hydrogens is 336 g/mol. The molecule has 4 fully saturated rings. The van der Waals surface area contributed by atoms with Gasteiger partial charge in [-0.15, -0.1) is 0 Å². The number of rotatable bonds is 5. The molecule has 1 aromatic carbocycles. The summed E-state index contributed by atoms with van der Waals surface area (Å²) in [4.78, 5) is 7.97. The number of H-pyrrole nitrogens is 1. The molecular formula is C22H26N4O. The number of fused-ring (bicyclic) bond motifs is 1. The zero-order valence-electron chi connectivity index (χ0n) is 15.6. The maximum Gasteiger partial charge on any atom is 0.240 e. The second-order valence-electron chi connectivity index (χ2n) is 9.19. The summed E-state index contributed by atoms with van der Waals surface area (Å²) in [5.74, 6) is 4.33. The summed E-state index contributed by atoms with van der Waals surface area (Å²) in [5, 5.41) is 9.30. The molecule has 2 N–H and O–H groups in total. The molecule has 2 aromatic heterocycles. The SMILES string of the molecule is c1ccc2c(Cc3noc(CNC45CC6CC(CC(C6)C4)C5)n3)c[nH]c2c1. The van der Waals surface area contributed by atoms with Gasteiger partial charge in [-0.2, -0.15) is 4.98 Å². The molecule has 27 heavy (non-hydrogen) atoms. The van der Waals surface area contributed by atoms with Crippen molar-refractivity contribution in [1.29, 1.82) is 0 Å². The fraction of sp³-hybridized carbons (Fsp3) is 0.545. The molecule has 0 unspecified atom stereocenters. The Balaban J connectivity index is 1.14. The van der Waals surface area contributed by atoms with E-state index in [1.54, 1.807) is 0 Å². The van der Waals surface area contributed by atoms with Crippen LogP contribution in [0, 0.1) is 17.8 Å². The molecule has 0 radical (unpaired) electrons. The van der Waals surface area contributed by atoms with E-state index in [4.69, 9.17) is 4.52 Å². The van der Waals surface area contributed by atoms with Crippen molar-refractivity contribution >= 4 is 10.9 Å². The number of aromatic amines is 1. The minimum atomic E-state index is 0.334. The lowest BCUT2D eigenvalue weighted by molar-refractivity contribution is -0.0217. The van der Waals surface area contributed by atoms with Crippen molar-refractivity contribution < 1.29 is 4.52 Å². The highest BCUT2D eigenvalue weighted by molar-refractivity contribution is 5.83. The Bertz CT molecular complexity index is 936. The fourth-order valence-electron chi connectivity index (χ4n) is 6.47. The third-order valence-corrected chi connectivity index (χ3v) is 7.19. The summed E-state index contributed by atoms with van der Waals surface area (Å²) in [6, 6.07) is 8.34. The zero-order valence-corrected chi connectivity index (χ0v) is 15.6. The standard InChI is InChI=1S/C22H26N4O/c1-2-4-19-18(3-1)17(12-23-19)8-20-25-21(27-26-20)13-24-22-9-14-5-15(10-22)7-16(6-14)11-22/h1-4,12,14-16,23-24H,5-11,13H2. The first kappa shape index (κ1) is 15.9. The van der Waals surface area contributed by atoms with Crippen LogP contribution in [0.25, 0.3) is 10.9 Å². The molecule has 5 heteroatoms. The summed E-state index contributed by atoms with van der Waals surface area (Å²) in [6.45, 7) is 0.701. The predicted molar refractivity (Wildman–Crippen MR) is 103 cm³/mol. The summed E-state index contributed by atoms with van der Waals surface area (Å²) in [6.07, 6.45) is 11.2. The van der Waals surface area contributed by atoms with Gasteiger partial charge in [0, 0.05) is 29.1 Å². The van der Waals surface area contributed by atoms with Gasteiger partial charge in [-0.3, -0.25) is 0 Å². The van der Waals surface area contributed by atoms with Gasteiger partial charge in [-0.1, -0.05) is 23.4 Å². The molecule has 0 saturated heterocycles. The van der Waals surface area contributed by atoms with Crippen molar-refractivity contribution in [1.82, 2.24) is 20.4 Å². The lowest BCUT2D eigenvalue weighted by Gasteiger charge is -2.57. The van der Waals surface area contributed by atoms with Gasteiger partial charge in [-0.25, -0.2) is 0 Å². The van der Waals surface area contributed by atoms with Crippen molar-refractivity contribution in [2.45, 2.75) is 57.0 Å². The van der Waals surface area contributed by atoms with Gasteiger partial charge in [0.05, 0.1) is 6.54 Å². The van der Waals surface area contributed by atoms with Crippen LogP contribution in [0.4, 0.5) is 0 Å². The molecule has 0 spiro atoms. The van der Waals surface area contributed by atoms with Gasteiger partial charge in [0.1, 0.15) is 0 Å². The van der Waals surface area contributed by atoms with E-state index in [2.05, 4.69) is 38.6 Å². The van der Waals surface area contributed by atoms with Gasteiger partial charge in [0.15, 0.2) is 5.82 Å². The van der Waals surface area contributed by atoms with Crippen LogP contribution in [0.15, 0.2) is 35.0 Å². The Morgan fingerprint density at radius 3 is 2.59 bits per heavy atom. The van der Waals surface area contributed by atoms with E-state index in [0.29, 0.717) is 18.5 Å². The van der Waals surface area contributed by atoms with Crippen LogP contribution >= 0.6 is 0 Å². The number of hydrogen-bond donors (Lipinski definition) is 2. The van der Waals surface area contributed by atoms with Gasteiger partial charge in [0.2, 0.25) is 5.89 Å². The Hall–Kier alpha value is -2.14. The highest BCUT2D eigenvalue weighted by atomic mass is 16.5. The highest BCUT2D eigenvalue weighted by Crippen LogP contribution is 2.55. The third-order valence-electron chi connectivity index (χ3n) is 7.19. The van der Waals surface area contributed by atoms with E-state index in [1.807, 2.05) is 12.3 Å². The minimum Gasteiger partial charge on any atom is -0.361 e. The summed E-state index contributed by atoms with van der Waals surface area (Å²) >= 11 is 0. The molecule has 2 heterocycles. The number of hydrogen-bond acceptors (Lipinski definition) is 4. The molecule has 4 aliphatic carbocycles. The molecule has 4 saturated carbocycles. The molecule has 5 nitrogen and oxygen atoms in total. The Morgan fingerprint density at radius 1 is 1.07 bits per heavy atom. The largest absolute Gasteiger partial charge is 0.361 e. The van der Waals surface area contributed by atoms with Crippen molar-refractivity contribution in [3.63, 3.8) is 0 Å². The second kappa shape index (κ2) is 5.93. The topological polar surface area (TPSA) is 66.7 Å². The first-order valence-electron chi connectivity index (χ1n) is 10.4. The number of benzene rings is 1. The number of para-hydroxylation sites is 1. The lowest BCUT2D eigenvalue weighted by atomic mass is 9.53. The molecule has 4 aliphatic rings. The molecule has 0 amide bonds. The zero-order chi connectivity index (χ0) is 17.8. The van der Waals surface area contributed by atoms with Crippen LogP contribution in [0.3, 0.4) is 0 Å². The first-order valence-corrected chi connectivity index (χ1v) is 10.4. The molecule has 3 aromatic rings. The molecule has 4 bridgehead atoms. The van der Waals surface area contributed by atoms with Gasteiger partial charge < -0.3 is 14.8 Å². The monoisotopic (exact) mass is 362 g/mol. The summed E-state index contributed by atoms with van der Waals surface area (Å²) < 4.78 is 5.56. The van der Waals surface area contributed by atoms with Crippen molar-refractivity contribution in [2.24, 2.45) is 17.8 Å². The third kappa shape index (κ3) is 2.80. The first-order chi connectivity index (χ1) is 13.2. The van der Waals surface area contributed by atoms with Gasteiger partial charge in [0.25, 0.3) is 0 Å². The molecule has 0 aliphatic heterocycles. The number of nitrogens with one attached hydrogen (secondary N) is 2. The Morgan fingerprint density at radius 2 is 1.81 bits per heavy atom. The Labute approximate surface area is 158 Å². The van der Waals surface area contributed by atoms with E-state index in [9.17, 15) is 0 Å². The average Bonchev–Trinajstić information content (AvgIpc) is 3.27. The molecule has 7 rings (SSSR count). The molecule has 140 valence electrons. The summed E-state index contributed by atoms with van der Waals surface area (Å²) in [5.41, 5.74) is 2.70. The van der Waals surface area contributed by atoms with Gasteiger partial charge >= 0.3 is 0 Å². The maximum absolute atomic E-state index is 5.56. The van der Waals surface area contributed by atoms with Crippen LogP contribution in [-0.2, 0) is 13.0 Å². The van der Waals surface area contributed by atoms with Crippen molar-refractivity contribution in [2.75, 3.05) is 0 Å². The quantitative estimate of drug-likeness (QED) is 0.714. The lowest BCUT2D eigenvalue weighted by Crippen LogP contribution is -2.58. The van der Waals surface area contributed by atoms with Crippen LogP contribution in [-0.4, -0.2) is 20.7 Å². The van der Waals surface area contributed by atoms with Crippen LogP contribution in [0.5, 0.6) is 0 Å². The second-order valence-corrected chi connectivity index (χ2v) is 9.19. The predicted octanol–water partition coefficient (Wildman–Crippen LogP) is 4.20. The maximum atomic E-state index is 5.56. The number of aromatic nitrogens is 3. The van der Waals surface area contributed by atoms with E-state index >= 15 is 0 Å². The van der Waals surface area contributed by atoms with E-state index < -0.39 is 0 Å². The normalized spacial score (nSPS) is 31.8. The van der Waals surface area contributed by atoms with Crippen LogP contribution in [0.1, 0.15) is 55.8 Å². The van der Waals surface area contributed by atoms with E-state index in [0.717, 1.165) is 35.0 Å². The van der Waals surface area contributed by atoms with E-state index in [1.165, 1.54) is 49.5 Å². The molecule has 0 atom stereocenters. The number of nitrogens with zero attached hydrogens (tertiary/aromatic N) is 2. The summed E-state index contributed by atoms with van der Waals surface area (Å²) in [7, 11) is 0. The van der Waals surface area contributed by atoms with Crippen LogP contribution < -0.4 is 5.32 Å². The fourth-order valence-corrected chi connectivity index (χ4v) is 6.47. The minimum absolute atomic E-state index is 0.334. The van der Waals surface area contributed by atoms with Crippen molar-refractivity contribution in [3.05, 3.63) is 47.7 Å². The Kier molecular flexibility index (Phi) is 3.49. The highest BCUT2D eigenvalue weighted by Gasteiger charge is 2.50. The van der Waals surface area contributed by atoms with Crippen LogP contribution in [0.2, 0.25) is 0 Å². The van der Waals surface area contributed by atoms with Gasteiger partial charge in [-0.05, 0) is 67.9 Å².